The maximum Gasteiger partial charge on any atom is 0.163 e. The van der Waals surface area contributed by atoms with Gasteiger partial charge in [0.15, 0.2) is 11.6 Å². The number of benzene rings is 1. The van der Waals surface area contributed by atoms with Gasteiger partial charge in [0.1, 0.15) is 0 Å². The van der Waals surface area contributed by atoms with Gasteiger partial charge in [-0.15, -0.1) is 0 Å². The largest absolute Gasteiger partial charge is 0.310 e. The molecule has 0 spiro atoms. The van der Waals surface area contributed by atoms with Gasteiger partial charge in [0, 0.05) is 11.6 Å². The molecule has 0 radical (unpaired) electrons. The molecule has 1 atom stereocenters. The van der Waals surface area contributed by atoms with E-state index in [2.05, 4.69) is 5.32 Å². The molecule has 2 rings (SSSR count). The fourth-order valence-electron chi connectivity index (χ4n) is 2.08. The molecule has 1 aliphatic carbocycles. The topological polar surface area (TPSA) is 12.0 Å². The van der Waals surface area contributed by atoms with Crippen LogP contribution in [0, 0.1) is 17.6 Å². The Morgan fingerprint density at radius 2 is 2.12 bits per heavy atom. The summed E-state index contributed by atoms with van der Waals surface area (Å²) in [6.45, 7) is 2.74. The van der Waals surface area contributed by atoms with Gasteiger partial charge >= 0.3 is 0 Å². The third-order valence-electron chi connectivity index (χ3n) is 3.38. The van der Waals surface area contributed by atoms with Gasteiger partial charge in [-0.3, -0.25) is 0 Å². The Morgan fingerprint density at radius 1 is 1.35 bits per heavy atom. The summed E-state index contributed by atoms with van der Waals surface area (Å²) >= 11 is 0. The molecule has 0 aromatic heterocycles. The van der Waals surface area contributed by atoms with Crippen molar-refractivity contribution in [2.45, 2.75) is 38.6 Å². The lowest BCUT2D eigenvalue weighted by Gasteiger charge is -2.15. The minimum Gasteiger partial charge on any atom is -0.310 e. The van der Waals surface area contributed by atoms with E-state index in [0.717, 1.165) is 24.9 Å². The van der Waals surface area contributed by atoms with Crippen molar-refractivity contribution in [3.05, 3.63) is 35.4 Å². The number of hydrogen-bond donors (Lipinski definition) is 1. The van der Waals surface area contributed by atoms with Gasteiger partial charge in [-0.05, 0) is 38.3 Å². The Balaban J connectivity index is 1.81. The SMILES string of the molecule is CC(NCCCC1CC1)c1cccc(F)c1F. The monoisotopic (exact) mass is 239 g/mol. The van der Waals surface area contributed by atoms with Crippen LogP contribution < -0.4 is 5.32 Å². The molecule has 17 heavy (non-hydrogen) atoms. The van der Waals surface area contributed by atoms with Crippen molar-refractivity contribution in [1.82, 2.24) is 5.32 Å². The summed E-state index contributed by atoms with van der Waals surface area (Å²) < 4.78 is 26.5. The van der Waals surface area contributed by atoms with E-state index in [1.807, 2.05) is 6.92 Å². The van der Waals surface area contributed by atoms with Gasteiger partial charge in [-0.25, -0.2) is 8.78 Å². The van der Waals surface area contributed by atoms with E-state index in [0.29, 0.717) is 5.56 Å². The molecule has 1 aromatic rings. The van der Waals surface area contributed by atoms with Gasteiger partial charge < -0.3 is 5.32 Å². The van der Waals surface area contributed by atoms with E-state index >= 15 is 0 Å². The molecular formula is C14H19F2N. The average molecular weight is 239 g/mol. The summed E-state index contributed by atoms with van der Waals surface area (Å²) in [5, 5.41) is 3.24. The average Bonchev–Trinajstić information content (AvgIpc) is 3.12. The third kappa shape index (κ3) is 3.50. The van der Waals surface area contributed by atoms with Crippen LogP contribution in [-0.2, 0) is 0 Å². The molecule has 0 heterocycles. The molecule has 0 amide bonds. The van der Waals surface area contributed by atoms with Gasteiger partial charge in [0.25, 0.3) is 0 Å². The van der Waals surface area contributed by atoms with Crippen LogP contribution in [0.2, 0.25) is 0 Å². The Morgan fingerprint density at radius 3 is 2.82 bits per heavy atom. The van der Waals surface area contributed by atoms with Crippen molar-refractivity contribution in [2.24, 2.45) is 5.92 Å². The van der Waals surface area contributed by atoms with Crippen LogP contribution in [0.15, 0.2) is 18.2 Å². The molecule has 1 aliphatic rings. The highest BCUT2D eigenvalue weighted by Crippen LogP contribution is 2.33. The molecule has 1 nitrogen and oxygen atoms in total. The minimum atomic E-state index is -0.769. The normalized spacial score (nSPS) is 17.1. The Bertz CT molecular complexity index is 374. The second kappa shape index (κ2) is 5.58. The van der Waals surface area contributed by atoms with Crippen LogP contribution in [0.5, 0.6) is 0 Å². The van der Waals surface area contributed by atoms with E-state index in [1.54, 1.807) is 12.1 Å². The second-order valence-corrected chi connectivity index (χ2v) is 4.90. The fraction of sp³-hybridized carbons (Fsp3) is 0.571. The molecule has 94 valence electrons. The zero-order valence-corrected chi connectivity index (χ0v) is 10.2. The van der Waals surface area contributed by atoms with E-state index in [-0.39, 0.29) is 6.04 Å². The molecule has 0 aliphatic heterocycles. The van der Waals surface area contributed by atoms with Gasteiger partial charge in [-0.1, -0.05) is 25.0 Å². The van der Waals surface area contributed by atoms with Crippen molar-refractivity contribution in [3.8, 4) is 0 Å². The first-order valence-corrected chi connectivity index (χ1v) is 6.35. The quantitative estimate of drug-likeness (QED) is 0.744. The molecule has 1 aromatic carbocycles. The first-order chi connectivity index (χ1) is 8.18. The Labute approximate surface area is 101 Å². The smallest absolute Gasteiger partial charge is 0.163 e. The maximum atomic E-state index is 13.5. The molecule has 0 bridgehead atoms. The number of halogens is 2. The standard InChI is InChI=1S/C14H19F2N/c1-10(17-9-3-4-11-7-8-11)12-5-2-6-13(15)14(12)16/h2,5-6,10-11,17H,3-4,7-9H2,1H3. The fourth-order valence-corrected chi connectivity index (χ4v) is 2.08. The van der Waals surface area contributed by atoms with Crippen LogP contribution in [0.25, 0.3) is 0 Å². The highest BCUT2D eigenvalue weighted by Gasteiger charge is 2.20. The van der Waals surface area contributed by atoms with E-state index in [9.17, 15) is 8.78 Å². The maximum absolute atomic E-state index is 13.5. The van der Waals surface area contributed by atoms with Crippen molar-refractivity contribution in [3.63, 3.8) is 0 Å². The first kappa shape index (κ1) is 12.5. The summed E-state index contributed by atoms with van der Waals surface area (Å²) in [5.74, 6) is -0.568. The molecule has 0 saturated heterocycles. The lowest BCUT2D eigenvalue weighted by atomic mass is 10.1. The summed E-state index contributed by atoms with van der Waals surface area (Å²) in [6.07, 6.45) is 5.11. The minimum absolute atomic E-state index is 0.134. The zero-order valence-electron chi connectivity index (χ0n) is 10.2. The number of rotatable bonds is 6. The number of nitrogens with one attached hydrogen (secondary N) is 1. The first-order valence-electron chi connectivity index (χ1n) is 6.35. The van der Waals surface area contributed by atoms with Crippen molar-refractivity contribution in [2.75, 3.05) is 6.54 Å². The van der Waals surface area contributed by atoms with Gasteiger partial charge in [-0.2, -0.15) is 0 Å². The molecule has 1 fully saturated rings. The van der Waals surface area contributed by atoms with Crippen LogP contribution in [0.1, 0.15) is 44.2 Å². The van der Waals surface area contributed by atoms with E-state index in [1.165, 1.54) is 19.3 Å². The Hall–Kier alpha value is -0.960. The van der Waals surface area contributed by atoms with Crippen molar-refractivity contribution >= 4 is 0 Å². The molecule has 1 saturated carbocycles. The van der Waals surface area contributed by atoms with Crippen LogP contribution in [0.4, 0.5) is 8.78 Å². The summed E-state index contributed by atoms with van der Waals surface area (Å²) in [5.41, 5.74) is 0.413. The summed E-state index contributed by atoms with van der Waals surface area (Å²) in [6, 6.07) is 4.20. The van der Waals surface area contributed by atoms with Gasteiger partial charge in [0.05, 0.1) is 0 Å². The van der Waals surface area contributed by atoms with Gasteiger partial charge in [0.2, 0.25) is 0 Å². The van der Waals surface area contributed by atoms with E-state index < -0.39 is 11.6 Å². The molecule has 1 unspecified atom stereocenters. The van der Waals surface area contributed by atoms with Crippen molar-refractivity contribution in [1.29, 1.82) is 0 Å². The predicted molar refractivity (Wildman–Crippen MR) is 64.7 cm³/mol. The van der Waals surface area contributed by atoms with E-state index in [4.69, 9.17) is 0 Å². The number of hydrogen-bond acceptors (Lipinski definition) is 1. The van der Waals surface area contributed by atoms with Crippen LogP contribution >= 0.6 is 0 Å². The summed E-state index contributed by atoms with van der Waals surface area (Å²) in [4.78, 5) is 0. The molecular weight excluding hydrogens is 220 g/mol. The Kier molecular flexibility index (Phi) is 4.11. The molecule has 1 N–H and O–H groups in total. The molecule has 3 heteroatoms. The van der Waals surface area contributed by atoms with Crippen molar-refractivity contribution < 1.29 is 8.78 Å². The van der Waals surface area contributed by atoms with Crippen LogP contribution in [-0.4, -0.2) is 6.54 Å². The highest BCUT2D eigenvalue weighted by molar-refractivity contribution is 5.21. The van der Waals surface area contributed by atoms with Crippen LogP contribution in [0.3, 0.4) is 0 Å². The highest BCUT2D eigenvalue weighted by atomic mass is 19.2. The zero-order chi connectivity index (χ0) is 12.3. The summed E-state index contributed by atoms with van der Waals surface area (Å²) in [7, 11) is 0. The third-order valence-corrected chi connectivity index (χ3v) is 3.38. The second-order valence-electron chi connectivity index (χ2n) is 4.90. The lowest BCUT2D eigenvalue weighted by molar-refractivity contribution is 0.467. The lowest BCUT2D eigenvalue weighted by Crippen LogP contribution is -2.21. The predicted octanol–water partition coefficient (Wildman–Crippen LogP) is 3.81.